The first-order valence-corrected chi connectivity index (χ1v) is 14.3. The molecule has 0 saturated heterocycles. The van der Waals surface area contributed by atoms with Crippen LogP contribution in [0.2, 0.25) is 0 Å². The minimum absolute atomic E-state index is 0.0330. The predicted molar refractivity (Wildman–Crippen MR) is 158 cm³/mol. The number of carbonyl (C=O) groups excluding carboxylic acids is 1. The number of aryl methyl sites for hydroxylation is 2. The van der Waals surface area contributed by atoms with Gasteiger partial charge in [0.25, 0.3) is 5.91 Å². The van der Waals surface area contributed by atoms with E-state index in [1.54, 1.807) is 26.0 Å². The molecule has 224 valence electrons. The molecule has 0 fully saturated rings. The van der Waals surface area contributed by atoms with E-state index < -0.39 is 29.3 Å². The summed E-state index contributed by atoms with van der Waals surface area (Å²) in [5, 5.41) is 22.9. The first kappa shape index (κ1) is 32.8. The molecule has 4 aromatic rings. The number of thiophene rings is 1. The summed E-state index contributed by atoms with van der Waals surface area (Å²) in [5.41, 5.74) is 1.07. The molecule has 2 N–H and O–H groups in total. The fourth-order valence-corrected chi connectivity index (χ4v) is 5.09. The summed E-state index contributed by atoms with van der Waals surface area (Å²) in [6, 6.07) is 14.1. The van der Waals surface area contributed by atoms with Crippen LogP contribution in [-0.4, -0.2) is 28.1 Å². The van der Waals surface area contributed by atoms with Crippen LogP contribution in [0.1, 0.15) is 70.1 Å². The van der Waals surface area contributed by atoms with E-state index in [-0.39, 0.29) is 52.2 Å². The van der Waals surface area contributed by atoms with Crippen LogP contribution in [-0.2, 0) is 19.4 Å². The highest BCUT2D eigenvalue weighted by Gasteiger charge is 2.28. The minimum Gasteiger partial charge on any atom is -0.478 e. The van der Waals surface area contributed by atoms with Crippen LogP contribution in [0.15, 0.2) is 54.6 Å². The van der Waals surface area contributed by atoms with Crippen LogP contribution < -0.4 is 10.1 Å². The van der Waals surface area contributed by atoms with Crippen molar-refractivity contribution in [3.05, 3.63) is 105 Å². The topological polar surface area (TPSA) is 112 Å². The zero-order valence-electron chi connectivity index (χ0n) is 24.0. The highest BCUT2D eigenvalue weighted by atomic mass is 32.1. The molecule has 4 rings (SSSR count). The van der Waals surface area contributed by atoms with Gasteiger partial charge in [-0.15, -0.1) is 11.3 Å². The third-order valence-electron chi connectivity index (χ3n) is 5.99. The van der Waals surface area contributed by atoms with Crippen LogP contribution in [0.3, 0.4) is 0 Å². The molecule has 0 spiro atoms. The van der Waals surface area contributed by atoms with Crippen LogP contribution in [0, 0.1) is 28.8 Å². The third kappa shape index (κ3) is 8.20. The van der Waals surface area contributed by atoms with E-state index in [9.17, 15) is 33.1 Å². The maximum atomic E-state index is 13.5. The molecule has 7 nitrogen and oxygen atoms in total. The zero-order chi connectivity index (χ0) is 31.7. The normalized spacial score (nSPS) is 10.5. The molecular weight excluding hydrogens is 579 g/mol. The number of hydrogen-bond acceptors (Lipinski definition) is 6. The molecule has 0 radical (unpaired) electrons. The van der Waals surface area contributed by atoms with Gasteiger partial charge in [0.2, 0.25) is 5.88 Å². The van der Waals surface area contributed by atoms with E-state index in [2.05, 4.69) is 10.3 Å². The molecule has 2 aromatic heterocycles. The highest BCUT2D eigenvalue weighted by molar-refractivity contribution is 7.17. The smallest absolute Gasteiger partial charge is 0.338 e. The van der Waals surface area contributed by atoms with Crippen LogP contribution >= 0.6 is 11.3 Å². The number of hydrogen-bond donors (Lipinski definition) is 2. The number of carboxylic acids is 1. The fraction of sp³-hybridized carbons (Fsp3) is 0.250. The molecule has 43 heavy (non-hydrogen) atoms. The number of benzene rings is 2. The van der Waals surface area contributed by atoms with Gasteiger partial charge in [-0.1, -0.05) is 32.0 Å². The lowest BCUT2D eigenvalue weighted by atomic mass is 9.96. The Bertz CT molecular complexity index is 1650. The number of aromatic carboxylic acids is 1. The number of halogens is 3. The molecule has 0 bridgehead atoms. The quantitative estimate of drug-likeness (QED) is 0.195. The van der Waals surface area contributed by atoms with Crippen molar-refractivity contribution in [3.8, 4) is 22.4 Å². The Morgan fingerprint density at radius 2 is 1.67 bits per heavy atom. The number of rotatable bonds is 10. The lowest BCUT2D eigenvalue weighted by molar-refractivity contribution is 0.0695. The molecule has 1 amide bonds. The van der Waals surface area contributed by atoms with Crippen LogP contribution in [0.4, 0.5) is 13.2 Å². The molecule has 0 aliphatic heterocycles. The van der Waals surface area contributed by atoms with Gasteiger partial charge in [-0.2, -0.15) is 5.26 Å². The van der Waals surface area contributed by atoms with E-state index >= 15 is 0 Å². The van der Waals surface area contributed by atoms with Gasteiger partial charge < -0.3 is 15.2 Å². The summed E-state index contributed by atoms with van der Waals surface area (Å²) in [6.07, 6.45) is 0.138. The largest absolute Gasteiger partial charge is 0.478 e. The summed E-state index contributed by atoms with van der Waals surface area (Å²) in [5.74, 6) is -4.30. The average molecular weight is 610 g/mol. The maximum Gasteiger partial charge on any atom is 0.338 e. The van der Waals surface area contributed by atoms with Crippen molar-refractivity contribution in [3.63, 3.8) is 0 Å². The van der Waals surface area contributed by atoms with E-state index in [0.717, 1.165) is 29.0 Å². The van der Waals surface area contributed by atoms with Gasteiger partial charge in [-0.05, 0) is 74.2 Å². The Kier molecular flexibility index (Phi) is 11.4. The standard InChI is InChI=1S/C30H24F3N3O4S.C2H6/c1-16(2)40-29-20(14-34)26(27(30(38)39)23(36-29)10-6-17-3-7-19(31)8-4-17)24-11-12-25(41-24)28(37)35-15-18-5-9-21(32)22(33)13-18;1-2/h3-5,7-9,11-13,16H,6,10,15H2,1-2H3,(H,35,37)(H,38,39);1-2H3. The second kappa shape index (κ2) is 15.0. The Hall–Kier alpha value is -4.69. The molecule has 0 aliphatic rings. The monoisotopic (exact) mass is 609 g/mol. The van der Waals surface area contributed by atoms with Crippen molar-refractivity contribution in [2.45, 2.75) is 53.2 Å². The van der Waals surface area contributed by atoms with Gasteiger partial charge in [0.05, 0.1) is 22.2 Å². The minimum atomic E-state index is -1.31. The molecule has 0 saturated carbocycles. The summed E-state index contributed by atoms with van der Waals surface area (Å²) >= 11 is 0.963. The number of amides is 1. The zero-order valence-corrected chi connectivity index (χ0v) is 24.8. The van der Waals surface area contributed by atoms with Gasteiger partial charge >= 0.3 is 5.97 Å². The van der Waals surface area contributed by atoms with Crippen LogP contribution in [0.5, 0.6) is 5.88 Å². The number of ether oxygens (including phenoxy) is 1. The molecule has 11 heteroatoms. The second-order valence-electron chi connectivity index (χ2n) is 9.29. The number of carboxylic acid groups (broad SMARTS) is 1. The van der Waals surface area contributed by atoms with Crippen molar-refractivity contribution in [1.29, 1.82) is 5.26 Å². The second-order valence-corrected chi connectivity index (χ2v) is 10.4. The lowest BCUT2D eigenvalue weighted by Crippen LogP contribution is -2.21. The molecule has 0 aliphatic carbocycles. The highest BCUT2D eigenvalue weighted by Crippen LogP contribution is 2.39. The first-order valence-electron chi connectivity index (χ1n) is 13.5. The van der Waals surface area contributed by atoms with E-state index in [1.165, 1.54) is 30.3 Å². The number of pyridine rings is 1. The summed E-state index contributed by atoms with van der Waals surface area (Å²) in [7, 11) is 0. The lowest BCUT2D eigenvalue weighted by Gasteiger charge is -2.17. The number of nitrogens with one attached hydrogen (secondary N) is 1. The van der Waals surface area contributed by atoms with Crippen molar-refractivity contribution >= 4 is 23.2 Å². The van der Waals surface area contributed by atoms with Gasteiger partial charge in [-0.25, -0.2) is 22.9 Å². The van der Waals surface area contributed by atoms with Gasteiger partial charge in [0.15, 0.2) is 11.6 Å². The Morgan fingerprint density at radius 3 is 2.28 bits per heavy atom. The fourth-order valence-electron chi connectivity index (χ4n) is 4.11. The van der Waals surface area contributed by atoms with Crippen molar-refractivity contribution < 1.29 is 32.6 Å². The number of nitriles is 1. The first-order chi connectivity index (χ1) is 20.6. The predicted octanol–water partition coefficient (Wildman–Crippen LogP) is 7.33. The number of nitrogens with zero attached hydrogens (tertiary/aromatic N) is 2. The average Bonchev–Trinajstić information content (AvgIpc) is 3.47. The molecular formula is C32H30F3N3O4S. The van der Waals surface area contributed by atoms with E-state index in [0.29, 0.717) is 16.9 Å². The third-order valence-corrected chi connectivity index (χ3v) is 7.09. The van der Waals surface area contributed by atoms with E-state index in [1.807, 2.05) is 19.9 Å². The SMILES string of the molecule is CC.CC(C)Oc1nc(CCc2ccc(F)cc2)c(C(=O)O)c(-c2ccc(C(=O)NCc3ccc(F)c(F)c3)s2)c1C#N. The van der Waals surface area contributed by atoms with Crippen molar-refractivity contribution in [2.24, 2.45) is 0 Å². The molecule has 0 unspecified atom stereocenters. The Labute approximate surface area is 251 Å². The van der Waals surface area contributed by atoms with Crippen molar-refractivity contribution in [2.75, 3.05) is 0 Å². The Morgan fingerprint density at radius 1 is 1.00 bits per heavy atom. The van der Waals surface area contributed by atoms with Crippen molar-refractivity contribution in [1.82, 2.24) is 10.3 Å². The summed E-state index contributed by atoms with van der Waals surface area (Å²) in [4.78, 5) is 30.3. The van der Waals surface area contributed by atoms with Gasteiger partial charge in [0.1, 0.15) is 17.4 Å². The molecule has 2 heterocycles. The van der Waals surface area contributed by atoms with Crippen LogP contribution in [0.25, 0.3) is 10.4 Å². The van der Waals surface area contributed by atoms with Gasteiger partial charge in [-0.3, -0.25) is 4.79 Å². The number of aromatic nitrogens is 1. The Balaban J connectivity index is 0.00000248. The summed E-state index contributed by atoms with van der Waals surface area (Å²) in [6.45, 7) is 7.42. The van der Waals surface area contributed by atoms with Gasteiger partial charge in [0, 0.05) is 17.0 Å². The maximum absolute atomic E-state index is 13.5. The molecule has 2 aromatic carbocycles. The number of carbonyl (C=O) groups is 2. The molecule has 0 atom stereocenters. The summed E-state index contributed by atoms with van der Waals surface area (Å²) < 4.78 is 45.9. The van der Waals surface area contributed by atoms with E-state index in [4.69, 9.17) is 4.74 Å².